The van der Waals surface area contributed by atoms with Gasteiger partial charge in [-0.05, 0) is 32.6 Å². The minimum atomic E-state index is 0.0463. The molecule has 104 valence electrons. The molecule has 2 aliphatic rings. The summed E-state index contributed by atoms with van der Waals surface area (Å²) in [6.45, 7) is 2.81. The van der Waals surface area contributed by atoms with Crippen LogP contribution in [0.5, 0.6) is 0 Å². The lowest BCUT2D eigenvalue weighted by atomic mass is 9.94. The highest BCUT2D eigenvalue weighted by Crippen LogP contribution is 2.40. The summed E-state index contributed by atoms with van der Waals surface area (Å²) in [7, 11) is 0. The molecule has 4 nitrogen and oxygen atoms in total. The van der Waals surface area contributed by atoms with Crippen molar-refractivity contribution >= 4 is 5.91 Å². The molecule has 2 saturated carbocycles. The van der Waals surface area contributed by atoms with E-state index in [-0.39, 0.29) is 5.91 Å². The van der Waals surface area contributed by atoms with E-state index in [0.29, 0.717) is 17.7 Å². The Morgan fingerprint density at radius 2 is 2.05 bits per heavy atom. The number of hydrogen-bond donors (Lipinski definition) is 0. The molecule has 0 aliphatic heterocycles. The molecule has 2 fully saturated rings. The maximum absolute atomic E-state index is 12.5. The number of carbonyl (C=O) groups is 1. The van der Waals surface area contributed by atoms with Crippen LogP contribution in [0.1, 0.15) is 74.0 Å². The molecular weight excluding hydrogens is 240 g/mol. The van der Waals surface area contributed by atoms with Gasteiger partial charge in [-0.15, -0.1) is 0 Å². The first kappa shape index (κ1) is 12.7. The third-order valence-corrected chi connectivity index (χ3v) is 4.34. The van der Waals surface area contributed by atoms with Crippen molar-refractivity contribution in [1.29, 1.82) is 0 Å². The molecule has 3 rings (SSSR count). The molecule has 0 aromatic carbocycles. The third-order valence-electron chi connectivity index (χ3n) is 4.34. The first-order valence-electron chi connectivity index (χ1n) is 7.57. The molecule has 0 unspecified atom stereocenters. The van der Waals surface area contributed by atoms with Crippen LogP contribution in [0.3, 0.4) is 0 Å². The van der Waals surface area contributed by atoms with Gasteiger partial charge in [0.2, 0.25) is 0 Å². The Bertz CT molecular complexity index is 445. The van der Waals surface area contributed by atoms with Crippen molar-refractivity contribution in [2.75, 3.05) is 6.54 Å². The van der Waals surface area contributed by atoms with Gasteiger partial charge in [-0.1, -0.05) is 24.4 Å². The van der Waals surface area contributed by atoms with Crippen molar-refractivity contribution < 1.29 is 9.32 Å². The topological polar surface area (TPSA) is 46.3 Å². The molecule has 0 atom stereocenters. The summed E-state index contributed by atoms with van der Waals surface area (Å²) in [6.07, 6.45) is 8.38. The van der Waals surface area contributed by atoms with Crippen LogP contribution in [0, 0.1) is 0 Å². The minimum Gasteiger partial charge on any atom is -0.360 e. The van der Waals surface area contributed by atoms with Crippen molar-refractivity contribution in [1.82, 2.24) is 10.1 Å². The molecule has 0 radical (unpaired) electrons. The largest absolute Gasteiger partial charge is 0.360 e. The first-order chi connectivity index (χ1) is 9.29. The maximum atomic E-state index is 12.5. The lowest BCUT2D eigenvalue weighted by Crippen LogP contribution is -2.41. The summed E-state index contributed by atoms with van der Waals surface area (Å²) in [6, 6.07) is 2.25. The highest BCUT2D eigenvalue weighted by atomic mass is 16.5. The molecule has 19 heavy (non-hydrogen) atoms. The van der Waals surface area contributed by atoms with E-state index in [1.54, 1.807) is 0 Å². The van der Waals surface area contributed by atoms with Crippen molar-refractivity contribution in [3.05, 3.63) is 17.5 Å². The first-order valence-corrected chi connectivity index (χ1v) is 7.57. The van der Waals surface area contributed by atoms with Gasteiger partial charge in [-0.2, -0.15) is 0 Å². The second-order valence-electron chi connectivity index (χ2n) is 5.77. The Kier molecular flexibility index (Phi) is 3.58. The smallest absolute Gasteiger partial charge is 0.276 e. The van der Waals surface area contributed by atoms with Crippen molar-refractivity contribution in [3.63, 3.8) is 0 Å². The number of rotatable bonds is 4. The average Bonchev–Trinajstić information content (AvgIpc) is 3.18. The Labute approximate surface area is 114 Å². The molecule has 1 aromatic rings. The molecule has 2 aliphatic carbocycles. The summed E-state index contributed by atoms with van der Waals surface area (Å²) >= 11 is 0. The zero-order valence-electron chi connectivity index (χ0n) is 11.6. The van der Waals surface area contributed by atoms with Crippen LogP contribution in [-0.2, 0) is 0 Å². The average molecular weight is 262 g/mol. The number of nitrogens with zero attached hydrogens (tertiary/aromatic N) is 2. The summed E-state index contributed by atoms with van der Waals surface area (Å²) in [5.74, 6) is 1.45. The van der Waals surface area contributed by atoms with Gasteiger partial charge in [0, 0.05) is 24.6 Å². The van der Waals surface area contributed by atoms with Crippen molar-refractivity contribution in [2.24, 2.45) is 0 Å². The van der Waals surface area contributed by atoms with Crippen LogP contribution in [0.4, 0.5) is 0 Å². The van der Waals surface area contributed by atoms with E-state index >= 15 is 0 Å². The lowest BCUT2D eigenvalue weighted by molar-refractivity contribution is 0.0637. The van der Waals surface area contributed by atoms with Crippen LogP contribution >= 0.6 is 0 Å². The van der Waals surface area contributed by atoms with E-state index in [9.17, 15) is 4.79 Å². The van der Waals surface area contributed by atoms with Gasteiger partial charge in [0.15, 0.2) is 5.69 Å². The van der Waals surface area contributed by atoms with Crippen LogP contribution in [0.25, 0.3) is 0 Å². The highest BCUT2D eigenvalue weighted by Gasteiger charge is 2.31. The van der Waals surface area contributed by atoms with E-state index in [1.807, 2.05) is 17.9 Å². The summed E-state index contributed by atoms with van der Waals surface area (Å²) in [4.78, 5) is 14.5. The van der Waals surface area contributed by atoms with Gasteiger partial charge in [0.25, 0.3) is 5.91 Å². The van der Waals surface area contributed by atoms with E-state index < -0.39 is 0 Å². The van der Waals surface area contributed by atoms with Crippen LogP contribution in [-0.4, -0.2) is 28.6 Å². The predicted octanol–water partition coefficient (Wildman–Crippen LogP) is 3.35. The van der Waals surface area contributed by atoms with Gasteiger partial charge >= 0.3 is 0 Å². The van der Waals surface area contributed by atoms with E-state index in [4.69, 9.17) is 4.52 Å². The molecule has 0 bridgehead atoms. The molecule has 0 saturated heterocycles. The number of amides is 1. The van der Waals surface area contributed by atoms with Crippen LogP contribution in [0.2, 0.25) is 0 Å². The van der Waals surface area contributed by atoms with Gasteiger partial charge in [0.1, 0.15) is 5.76 Å². The molecule has 4 heteroatoms. The highest BCUT2D eigenvalue weighted by molar-refractivity contribution is 5.92. The summed E-state index contributed by atoms with van der Waals surface area (Å²) < 4.78 is 5.29. The number of hydrogen-bond acceptors (Lipinski definition) is 3. The maximum Gasteiger partial charge on any atom is 0.276 e. The van der Waals surface area contributed by atoms with E-state index in [2.05, 4.69) is 5.16 Å². The zero-order chi connectivity index (χ0) is 13.2. The molecule has 1 heterocycles. The summed E-state index contributed by atoms with van der Waals surface area (Å²) in [5.41, 5.74) is 0.495. The van der Waals surface area contributed by atoms with Crippen molar-refractivity contribution in [3.8, 4) is 0 Å². The fraction of sp³-hybridized carbons (Fsp3) is 0.733. The Balaban J connectivity index is 1.71. The van der Waals surface area contributed by atoms with Gasteiger partial charge in [-0.3, -0.25) is 4.79 Å². The quantitative estimate of drug-likeness (QED) is 0.836. The second kappa shape index (κ2) is 5.35. The zero-order valence-corrected chi connectivity index (χ0v) is 11.6. The Morgan fingerprint density at radius 3 is 2.68 bits per heavy atom. The van der Waals surface area contributed by atoms with E-state index in [0.717, 1.165) is 25.1 Å². The molecule has 1 amide bonds. The second-order valence-corrected chi connectivity index (χ2v) is 5.77. The lowest BCUT2D eigenvalue weighted by Gasteiger charge is -2.33. The number of carbonyl (C=O) groups excluding carboxylic acids is 1. The Morgan fingerprint density at radius 1 is 1.32 bits per heavy atom. The fourth-order valence-electron chi connectivity index (χ4n) is 3.06. The van der Waals surface area contributed by atoms with Gasteiger partial charge in [-0.25, -0.2) is 0 Å². The van der Waals surface area contributed by atoms with E-state index in [1.165, 1.54) is 32.1 Å². The predicted molar refractivity (Wildman–Crippen MR) is 72.1 cm³/mol. The summed E-state index contributed by atoms with van der Waals surface area (Å²) in [5, 5.41) is 3.97. The Hall–Kier alpha value is -1.32. The molecule has 0 N–H and O–H groups in total. The van der Waals surface area contributed by atoms with Crippen LogP contribution < -0.4 is 0 Å². The number of aromatic nitrogens is 1. The standard InChI is InChI=1S/C15H22N2O2/c1-2-17(12-6-4-3-5-7-12)15(18)13-10-14(19-16-13)11-8-9-11/h10-12H,2-9H2,1H3. The van der Waals surface area contributed by atoms with Gasteiger partial charge < -0.3 is 9.42 Å². The minimum absolute atomic E-state index is 0.0463. The van der Waals surface area contributed by atoms with Gasteiger partial charge in [0.05, 0.1) is 0 Å². The van der Waals surface area contributed by atoms with Crippen LogP contribution in [0.15, 0.2) is 10.6 Å². The molecular formula is C15H22N2O2. The fourth-order valence-corrected chi connectivity index (χ4v) is 3.06. The SMILES string of the molecule is CCN(C(=O)c1cc(C2CC2)on1)C1CCCCC1. The molecule has 0 spiro atoms. The van der Waals surface area contributed by atoms with Crippen molar-refractivity contribution in [2.45, 2.75) is 63.8 Å². The molecule has 1 aromatic heterocycles. The third kappa shape index (κ3) is 2.67. The normalized spacial score (nSPS) is 20.5. The monoisotopic (exact) mass is 262 g/mol.